The number of ether oxygens (including phenoxy) is 1. The quantitative estimate of drug-likeness (QED) is 0.902. The van der Waals surface area contributed by atoms with Gasteiger partial charge in [0.1, 0.15) is 5.75 Å². The first kappa shape index (κ1) is 15.9. The molecule has 2 N–H and O–H groups in total. The van der Waals surface area contributed by atoms with Gasteiger partial charge in [0.05, 0.1) is 23.9 Å². The molecular weight excluding hydrogens is 292 g/mol. The van der Waals surface area contributed by atoms with E-state index in [9.17, 15) is 9.90 Å². The summed E-state index contributed by atoms with van der Waals surface area (Å²) in [5.74, 6) is 0.764. The number of nitrogens with zero attached hydrogens (tertiary/aromatic N) is 1. The number of likely N-dealkylation sites (tertiary alicyclic amines) is 1. The molecule has 0 bridgehead atoms. The highest BCUT2D eigenvalue weighted by Gasteiger charge is 2.26. The molecule has 0 radical (unpaired) electrons. The molecule has 0 aliphatic carbocycles. The van der Waals surface area contributed by atoms with Crippen LogP contribution in [-0.2, 0) is 0 Å². The summed E-state index contributed by atoms with van der Waals surface area (Å²) >= 11 is 6.09. The molecule has 1 aromatic rings. The standard InChI is InChI=1S/C15H21ClN2O3/c1-10(19)11-4-3-7-18(9-11)15(20)17-14-8-12(21-2)5-6-13(14)16/h5-6,8,10-11,19H,3-4,7,9H2,1-2H3,(H,17,20). The number of nitrogens with one attached hydrogen (secondary N) is 1. The van der Waals surface area contributed by atoms with Gasteiger partial charge in [0.2, 0.25) is 0 Å². The summed E-state index contributed by atoms with van der Waals surface area (Å²) in [5, 5.41) is 13.0. The molecule has 1 aliphatic rings. The number of piperidine rings is 1. The number of aliphatic hydroxyl groups excluding tert-OH is 1. The Balaban J connectivity index is 2.04. The maximum absolute atomic E-state index is 12.3. The molecule has 0 aromatic heterocycles. The fourth-order valence-corrected chi connectivity index (χ4v) is 2.67. The van der Waals surface area contributed by atoms with Crippen molar-refractivity contribution in [3.05, 3.63) is 23.2 Å². The molecule has 6 heteroatoms. The number of methoxy groups -OCH3 is 1. The monoisotopic (exact) mass is 312 g/mol. The maximum Gasteiger partial charge on any atom is 0.321 e. The van der Waals surface area contributed by atoms with Crippen LogP contribution >= 0.6 is 11.6 Å². The summed E-state index contributed by atoms with van der Waals surface area (Å²) < 4.78 is 5.13. The van der Waals surface area contributed by atoms with Crippen molar-refractivity contribution in [3.63, 3.8) is 0 Å². The minimum absolute atomic E-state index is 0.130. The van der Waals surface area contributed by atoms with Crippen LogP contribution in [0.25, 0.3) is 0 Å². The zero-order valence-electron chi connectivity index (χ0n) is 12.3. The second-order valence-electron chi connectivity index (χ2n) is 5.36. The summed E-state index contributed by atoms with van der Waals surface area (Å²) in [6.07, 6.45) is 1.44. The van der Waals surface area contributed by atoms with Crippen LogP contribution in [0.15, 0.2) is 18.2 Å². The smallest absolute Gasteiger partial charge is 0.321 e. The first-order chi connectivity index (χ1) is 10.0. The molecule has 116 valence electrons. The van der Waals surface area contributed by atoms with Crippen molar-refractivity contribution in [1.82, 2.24) is 4.90 Å². The van der Waals surface area contributed by atoms with E-state index in [-0.39, 0.29) is 11.9 Å². The fourth-order valence-electron chi connectivity index (χ4n) is 2.51. The largest absolute Gasteiger partial charge is 0.497 e. The molecule has 1 aromatic carbocycles. The molecule has 0 spiro atoms. The highest BCUT2D eigenvalue weighted by atomic mass is 35.5. The van der Waals surface area contributed by atoms with E-state index in [1.807, 2.05) is 0 Å². The third-order valence-electron chi connectivity index (χ3n) is 3.84. The van der Waals surface area contributed by atoms with Crippen LogP contribution in [-0.4, -0.2) is 42.3 Å². The molecule has 1 heterocycles. The normalized spacial score (nSPS) is 20.0. The Morgan fingerprint density at radius 2 is 2.33 bits per heavy atom. The number of hydrogen-bond donors (Lipinski definition) is 2. The molecular formula is C15H21ClN2O3. The first-order valence-corrected chi connectivity index (χ1v) is 7.46. The number of benzene rings is 1. The lowest BCUT2D eigenvalue weighted by Crippen LogP contribution is -2.44. The average molecular weight is 313 g/mol. The lowest BCUT2D eigenvalue weighted by molar-refractivity contribution is 0.0766. The number of amides is 2. The highest BCUT2D eigenvalue weighted by molar-refractivity contribution is 6.33. The molecule has 21 heavy (non-hydrogen) atoms. The Morgan fingerprint density at radius 3 is 3.00 bits per heavy atom. The van der Waals surface area contributed by atoms with Crippen molar-refractivity contribution in [2.75, 3.05) is 25.5 Å². The summed E-state index contributed by atoms with van der Waals surface area (Å²) in [4.78, 5) is 14.0. The minimum atomic E-state index is -0.402. The van der Waals surface area contributed by atoms with Gasteiger partial charge in [-0.2, -0.15) is 0 Å². The highest BCUT2D eigenvalue weighted by Crippen LogP contribution is 2.27. The topological polar surface area (TPSA) is 61.8 Å². The fraction of sp³-hybridized carbons (Fsp3) is 0.533. The maximum atomic E-state index is 12.3. The number of halogens is 1. The zero-order chi connectivity index (χ0) is 15.4. The lowest BCUT2D eigenvalue weighted by atomic mass is 9.94. The second kappa shape index (κ2) is 7.00. The number of aliphatic hydroxyl groups is 1. The van der Waals surface area contributed by atoms with Crippen LogP contribution in [0.2, 0.25) is 5.02 Å². The lowest BCUT2D eigenvalue weighted by Gasteiger charge is -2.34. The van der Waals surface area contributed by atoms with Gasteiger partial charge in [0, 0.05) is 25.1 Å². The van der Waals surface area contributed by atoms with Crippen molar-refractivity contribution in [3.8, 4) is 5.75 Å². The summed E-state index contributed by atoms with van der Waals surface area (Å²) in [5.41, 5.74) is 0.528. The van der Waals surface area contributed by atoms with Gasteiger partial charge in [-0.05, 0) is 31.9 Å². The van der Waals surface area contributed by atoms with Crippen LogP contribution in [0.1, 0.15) is 19.8 Å². The van der Waals surface area contributed by atoms with Gasteiger partial charge in [-0.3, -0.25) is 0 Å². The van der Waals surface area contributed by atoms with Crippen LogP contribution < -0.4 is 10.1 Å². The molecule has 2 amide bonds. The van der Waals surface area contributed by atoms with Gasteiger partial charge in [-0.1, -0.05) is 11.6 Å². The van der Waals surface area contributed by atoms with E-state index in [0.29, 0.717) is 29.5 Å². The van der Waals surface area contributed by atoms with Crippen molar-refractivity contribution in [1.29, 1.82) is 0 Å². The molecule has 5 nitrogen and oxygen atoms in total. The Kier molecular flexibility index (Phi) is 5.31. The van der Waals surface area contributed by atoms with E-state index in [1.54, 1.807) is 37.1 Å². The molecule has 1 fully saturated rings. The number of carbonyl (C=O) groups excluding carboxylic acids is 1. The third-order valence-corrected chi connectivity index (χ3v) is 4.17. The summed E-state index contributed by atoms with van der Waals surface area (Å²) in [6.45, 7) is 3.02. The van der Waals surface area contributed by atoms with Gasteiger partial charge >= 0.3 is 6.03 Å². The molecule has 2 unspecified atom stereocenters. The average Bonchev–Trinajstić information content (AvgIpc) is 2.49. The van der Waals surface area contributed by atoms with Crippen LogP contribution in [0.5, 0.6) is 5.75 Å². The van der Waals surface area contributed by atoms with E-state index in [2.05, 4.69) is 5.32 Å². The molecule has 0 saturated carbocycles. The van der Waals surface area contributed by atoms with Crippen molar-refractivity contribution < 1.29 is 14.6 Å². The number of carbonyl (C=O) groups is 1. The van der Waals surface area contributed by atoms with Crippen LogP contribution in [0.3, 0.4) is 0 Å². The van der Waals surface area contributed by atoms with E-state index in [1.165, 1.54) is 0 Å². The van der Waals surface area contributed by atoms with Gasteiger partial charge in [-0.15, -0.1) is 0 Å². The first-order valence-electron chi connectivity index (χ1n) is 7.08. The second-order valence-corrected chi connectivity index (χ2v) is 5.77. The minimum Gasteiger partial charge on any atom is -0.497 e. The van der Waals surface area contributed by atoms with E-state index >= 15 is 0 Å². The number of hydrogen-bond acceptors (Lipinski definition) is 3. The van der Waals surface area contributed by atoms with E-state index in [0.717, 1.165) is 12.8 Å². The van der Waals surface area contributed by atoms with Gasteiger partial charge < -0.3 is 20.1 Å². The van der Waals surface area contributed by atoms with E-state index < -0.39 is 6.10 Å². The summed E-state index contributed by atoms with van der Waals surface area (Å²) in [6, 6.07) is 4.92. The Bertz CT molecular complexity index is 508. The molecule has 2 atom stereocenters. The molecule has 1 aliphatic heterocycles. The van der Waals surface area contributed by atoms with Crippen molar-refractivity contribution in [2.24, 2.45) is 5.92 Å². The predicted octanol–water partition coefficient (Wildman–Crippen LogP) is 2.97. The van der Waals surface area contributed by atoms with E-state index in [4.69, 9.17) is 16.3 Å². The molecule has 2 rings (SSSR count). The Labute approximate surface area is 129 Å². The van der Waals surface area contributed by atoms with Crippen LogP contribution in [0, 0.1) is 5.92 Å². The number of anilines is 1. The zero-order valence-corrected chi connectivity index (χ0v) is 13.1. The number of rotatable bonds is 3. The number of urea groups is 1. The Morgan fingerprint density at radius 1 is 1.57 bits per heavy atom. The molecule has 1 saturated heterocycles. The van der Waals surface area contributed by atoms with Crippen molar-refractivity contribution >= 4 is 23.3 Å². The van der Waals surface area contributed by atoms with Gasteiger partial charge in [0.15, 0.2) is 0 Å². The van der Waals surface area contributed by atoms with Gasteiger partial charge in [-0.25, -0.2) is 4.79 Å². The van der Waals surface area contributed by atoms with Gasteiger partial charge in [0.25, 0.3) is 0 Å². The van der Waals surface area contributed by atoms with Crippen molar-refractivity contribution in [2.45, 2.75) is 25.9 Å². The Hall–Kier alpha value is -1.46. The predicted molar refractivity (Wildman–Crippen MR) is 83.0 cm³/mol. The van der Waals surface area contributed by atoms with Crippen LogP contribution in [0.4, 0.5) is 10.5 Å². The third kappa shape index (κ3) is 4.02. The summed E-state index contributed by atoms with van der Waals surface area (Å²) in [7, 11) is 1.56. The SMILES string of the molecule is COc1ccc(Cl)c(NC(=O)N2CCCC(C(C)O)C2)c1.